The van der Waals surface area contributed by atoms with E-state index in [0.29, 0.717) is 6.54 Å². The van der Waals surface area contributed by atoms with Gasteiger partial charge in [-0.25, -0.2) is 0 Å². The molecule has 1 aliphatic rings. The Morgan fingerprint density at radius 3 is 2.90 bits per heavy atom. The first-order valence-electron chi connectivity index (χ1n) is 10.2. The highest BCUT2D eigenvalue weighted by molar-refractivity contribution is 5.91. The first-order chi connectivity index (χ1) is 14.7. The Labute approximate surface area is 176 Å². The summed E-state index contributed by atoms with van der Waals surface area (Å²) in [5.41, 5.74) is 3.04. The SMILES string of the molecule is COc1ccc(CNC(=O)c2cc([C@@H]3CCCN(Cc4cccnc4)C3)no2)cc1. The van der Waals surface area contributed by atoms with Gasteiger partial charge < -0.3 is 14.6 Å². The number of likely N-dealkylation sites (tertiary alicyclic amines) is 1. The first kappa shape index (κ1) is 20.1. The molecule has 4 rings (SSSR count). The summed E-state index contributed by atoms with van der Waals surface area (Å²) in [6, 6.07) is 13.4. The number of hydrogen-bond donors (Lipinski definition) is 1. The van der Waals surface area contributed by atoms with Gasteiger partial charge >= 0.3 is 0 Å². The van der Waals surface area contributed by atoms with Crippen LogP contribution in [0, 0.1) is 0 Å². The van der Waals surface area contributed by atoms with Crippen molar-refractivity contribution in [3.05, 3.63) is 77.4 Å². The van der Waals surface area contributed by atoms with Gasteiger partial charge in [-0.15, -0.1) is 0 Å². The number of hydrogen-bond acceptors (Lipinski definition) is 6. The molecule has 1 saturated heterocycles. The van der Waals surface area contributed by atoms with Crippen LogP contribution < -0.4 is 10.1 Å². The lowest BCUT2D eigenvalue weighted by atomic mass is 9.94. The molecule has 7 nitrogen and oxygen atoms in total. The van der Waals surface area contributed by atoms with Gasteiger partial charge in [-0.2, -0.15) is 0 Å². The van der Waals surface area contributed by atoms with E-state index in [1.54, 1.807) is 19.4 Å². The van der Waals surface area contributed by atoms with E-state index in [-0.39, 0.29) is 17.6 Å². The molecule has 0 spiro atoms. The molecule has 3 aromatic rings. The number of piperidine rings is 1. The zero-order valence-electron chi connectivity index (χ0n) is 17.1. The number of benzene rings is 1. The number of aromatic nitrogens is 2. The number of nitrogens with one attached hydrogen (secondary N) is 1. The second-order valence-corrected chi connectivity index (χ2v) is 7.58. The largest absolute Gasteiger partial charge is 0.497 e. The molecule has 1 aliphatic heterocycles. The van der Waals surface area contributed by atoms with Gasteiger partial charge in [0.1, 0.15) is 5.75 Å². The number of rotatable bonds is 7. The third-order valence-electron chi connectivity index (χ3n) is 5.42. The van der Waals surface area contributed by atoms with Gasteiger partial charge in [-0.05, 0) is 48.7 Å². The van der Waals surface area contributed by atoms with Gasteiger partial charge in [0.15, 0.2) is 0 Å². The Bertz CT molecular complexity index is 956. The minimum absolute atomic E-state index is 0.253. The van der Waals surface area contributed by atoms with Crippen molar-refractivity contribution in [3.8, 4) is 5.75 Å². The number of methoxy groups -OCH3 is 1. The summed E-state index contributed by atoms with van der Waals surface area (Å²) in [5, 5.41) is 7.07. The molecule has 0 aliphatic carbocycles. The van der Waals surface area contributed by atoms with Crippen LogP contribution >= 0.6 is 0 Å². The van der Waals surface area contributed by atoms with Crippen molar-refractivity contribution in [2.45, 2.75) is 31.8 Å². The molecule has 0 saturated carbocycles. The van der Waals surface area contributed by atoms with E-state index in [9.17, 15) is 4.79 Å². The summed E-state index contributed by atoms with van der Waals surface area (Å²) in [6.45, 7) is 3.24. The van der Waals surface area contributed by atoms with Crippen molar-refractivity contribution in [2.75, 3.05) is 20.2 Å². The first-order valence-corrected chi connectivity index (χ1v) is 10.2. The lowest BCUT2D eigenvalue weighted by Crippen LogP contribution is -2.34. The second kappa shape index (κ2) is 9.54. The predicted octanol–water partition coefficient (Wildman–Crippen LogP) is 3.39. The van der Waals surface area contributed by atoms with Gasteiger partial charge in [0.2, 0.25) is 5.76 Å². The van der Waals surface area contributed by atoms with E-state index >= 15 is 0 Å². The van der Waals surface area contributed by atoms with Gasteiger partial charge in [-0.3, -0.25) is 14.7 Å². The minimum Gasteiger partial charge on any atom is -0.497 e. The summed E-state index contributed by atoms with van der Waals surface area (Å²) in [5.74, 6) is 1.05. The van der Waals surface area contributed by atoms with Crippen molar-refractivity contribution < 1.29 is 14.1 Å². The smallest absolute Gasteiger partial charge is 0.290 e. The monoisotopic (exact) mass is 406 g/mol. The molecule has 30 heavy (non-hydrogen) atoms. The van der Waals surface area contributed by atoms with Crippen molar-refractivity contribution in [1.82, 2.24) is 20.4 Å². The maximum atomic E-state index is 12.5. The van der Waals surface area contributed by atoms with Crippen molar-refractivity contribution in [3.63, 3.8) is 0 Å². The van der Waals surface area contributed by atoms with Crippen molar-refractivity contribution >= 4 is 5.91 Å². The van der Waals surface area contributed by atoms with Gasteiger partial charge in [0, 0.05) is 44.0 Å². The Morgan fingerprint density at radius 2 is 2.13 bits per heavy atom. The number of pyridine rings is 1. The average molecular weight is 406 g/mol. The Morgan fingerprint density at radius 1 is 1.27 bits per heavy atom. The van der Waals surface area contributed by atoms with E-state index in [2.05, 4.69) is 26.4 Å². The Kier molecular flexibility index (Phi) is 6.39. The van der Waals surface area contributed by atoms with Gasteiger partial charge in [-0.1, -0.05) is 23.4 Å². The lowest BCUT2D eigenvalue weighted by molar-refractivity contribution is 0.0913. The van der Waals surface area contributed by atoms with Crippen LogP contribution in [0.1, 0.15) is 46.1 Å². The highest BCUT2D eigenvalue weighted by Gasteiger charge is 2.25. The normalized spacial score (nSPS) is 16.9. The van der Waals surface area contributed by atoms with Crippen LogP contribution in [0.3, 0.4) is 0 Å². The van der Waals surface area contributed by atoms with E-state index in [1.807, 2.05) is 36.5 Å². The fraction of sp³-hybridized carbons (Fsp3) is 0.348. The highest BCUT2D eigenvalue weighted by atomic mass is 16.5. The van der Waals surface area contributed by atoms with Crippen LogP contribution in [0.2, 0.25) is 0 Å². The summed E-state index contributed by atoms with van der Waals surface area (Å²) in [7, 11) is 1.63. The molecule has 3 heterocycles. The Balaban J connectivity index is 1.32. The molecule has 7 heteroatoms. The van der Waals surface area contributed by atoms with Crippen LogP contribution in [-0.2, 0) is 13.1 Å². The number of carbonyl (C=O) groups is 1. The molecule has 1 atom stereocenters. The molecule has 1 fully saturated rings. The molecule has 1 amide bonds. The summed E-state index contributed by atoms with van der Waals surface area (Å²) in [6.07, 6.45) is 5.84. The topological polar surface area (TPSA) is 80.5 Å². The summed E-state index contributed by atoms with van der Waals surface area (Å²) < 4.78 is 10.5. The van der Waals surface area contributed by atoms with Crippen LogP contribution in [0.15, 0.2) is 59.4 Å². The fourth-order valence-corrected chi connectivity index (χ4v) is 3.79. The fourth-order valence-electron chi connectivity index (χ4n) is 3.79. The molecular formula is C23H26N4O3. The minimum atomic E-state index is -0.257. The molecular weight excluding hydrogens is 380 g/mol. The molecule has 2 aromatic heterocycles. The van der Waals surface area contributed by atoms with E-state index in [0.717, 1.165) is 49.5 Å². The Hall–Kier alpha value is -3.19. The maximum absolute atomic E-state index is 12.5. The molecule has 1 N–H and O–H groups in total. The van der Waals surface area contributed by atoms with Gasteiger partial charge in [0.25, 0.3) is 5.91 Å². The predicted molar refractivity (Wildman–Crippen MR) is 112 cm³/mol. The molecule has 156 valence electrons. The zero-order valence-corrected chi connectivity index (χ0v) is 17.1. The van der Waals surface area contributed by atoms with Crippen LogP contribution in [0.25, 0.3) is 0 Å². The summed E-state index contributed by atoms with van der Waals surface area (Å²) >= 11 is 0. The van der Waals surface area contributed by atoms with Gasteiger partial charge in [0.05, 0.1) is 12.8 Å². The number of nitrogens with zero attached hydrogens (tertiary/aromatic N) is 3. The van der Waals surface area contributed by atoms with Crippen molar-refractivity contribution in [2.24, 2.45) is 0 Å². The van der Waals surface area contributed by atoms with Crippen LogP contribution in [-0.4, -0.2) is 41.1 Å². The highest BCUT2D eigenvalue weighted by Crippen LogP contribution is 2.27. The third kappa shape index (κ3) is 5.04. The number of amides is 1. The zero-order chi connectivity index (χ0) is 20.8. The number of carbonyl (C=O) groups excluding carboxylic acids is 1. The second-order valence-electron chi connectivity index (χ2n) is 7.58. The van der Waals surface area contributed by atoms with E-state index < -0.39 is 0 Å². The van der Waals surface area contributed by atoms with E-state index in [1.165, 1.54) is 5.56 Å². The third-order valence-corrected chi connectivity index (χ3v) is 5.42. The lowest BCUT2D eigenvalue weighted by Gasteiger charge is -2.31. The molecule has 0 unspecified atom stereocenters. The molecule has 1 aromatic carbocycles. The van der Waals surface area contributed by atoms with Crippen LogP contribution in [0.4, 0.5) is 0 Å². The van der Waals surface area contributed by atoms with E-state index in [4.69, 9.17) is 9.26 Å². The molecule has 0 bridgehead atoms. The maximum Gasteiger partial charge on any atom is 0.290 e. The quantitative estimate of drug-likeness (QED) is 0.648. The average Bonchev–Trinajstić information content (AvgIpc) is 3.29. The summed E-state index contributed by atoms with van der Waals surface area (Å²) in [4.78, 5) is 19.1. The van der Waals surface area contributed by atoms with Crippen molar-refractivity contribution in [1.29, 1.82) is 0 Å². The standard InChI is InChI=1S/C23H26N4O3/c1-29-20-8-6-17(7-9-20)14-25-23(28)22-12-21(26-30-22)19-5-3-11-27(16-19)15-18-4-2-10-24-13-18/h2,4,6-10,12-13,19H,3,5,11,14-16H2,1H3,(H,25,28)/t19-/m1/s1. The molecule has 0 radical (unpaired) electrons. The van der Waals surface area contributed by atoms with Crippen LogP contribution in [0.5, 0.6) is 5.75 Å². The number of ether oxygens (including phenoxy) is 1.